The highest BCUT2D eigenvalue weighted by Gasteiger charge is 2.35. The molecule has 7 heteroatoms. The van der Waals surface area contributed by atoms with Crippen molar-refractivity contribution in [3.05, 3.63) is 64.2 Å². The number of hydrogen-bond donors (Lipinski definition) is 1. The van der Waals surface area contributed by atoms with Crippen LogP contribution in [0, 0.1) is 6.92 Å². The summed E-state index contributed by atoms with van der Waals surface area (Å²) in [6.07, 6.45) is -1.97. The van der Waals surface area contributed by atoms with Crippen LogP contribution in [0.15, 0.2) is 41.5 Å². The Morgan fingerprint density at radius 2 is 2.00 bits per heavy atom. The second-order valence-electron chi connectivity index (χ2n) is 9.10. The number of carbonyl (C=O) groups excluding carboxylic acids is 1. The van der Waals surface area contributed by atoms with Crippen LogP contribution in [0.3, 0.4) is 0 Å². The first-order valence-corrected chi connectivity index (χ1v) is 10.8. The van der Waals surface area contributed by atoms with Crippen LogP contribution >= 0.6 is 0 Å². The number of halogens is 3. The van der Waals surface area contributed by atoms with Gasteiger partial charge in [0.2, 0.25) is 5.91 Å². The predicted molar refractivity (Wildman–Crippen MR) is 122 cm³/mol. The van der Waals surface area contributed by atoms with Gasteiger partial charge in [0.25, 0.3) is 0 Å². The van der Waals surface area contributed by atoms with Gasteiger partial charge in [-0.2, -0.15) is 18.3 Å². The number of hydrogen-bond acceptors (Lipinski definition) is 3. The molecule has 0 radical (unpaired) electrons. The van der Waals surface area contributed by atoms with E-state index in [4.69, 9.17) is 0 Å². The van der Waals surface area contributed by atoms with Crippen molar-refractivity contribution in [2.75, 3.05) is 11.4 Å². The van der Waals surface area contributed by atoms with Crippen molar-refractivity contribution in [1.29, 1.82) is 0 Å². The standard InChI is InChI=1S/C25H30F3N3O/c1-6-31-22-10-16(2)19(13-21(22)17(3)14-24(31,4)5)15-29-30-23(32)12-18-8-7-9-20(11-18)25(26,27)28/h7-11,13,15,17H,6,12,14H2,1-5H3,(H,30,32)/b29-15+/t17-/m0/s1. The first-order valence-electron chi connectivity index (χ1n) is 10.8. The van der Waals surface area contributed by atoms with E-state index in [1.165, 1.54) is 23.4 Å². The van der Waals surface area contributed by atoms with Crippen molar-refractivity contribution >= 4 is 17.8 Å². The van der Waals surface area contributed by atoms with E-state index in [9.17, 15) is 18.0 Å². The van der Waals surface area contributed by atoms with Gasteiger partial charge in [0.05, 0.1) is 18.2 Å². The van der Waals surface area contributed by atoms with Crippen LogP contribution in [-0.2, 0) is 17.4 Å². The molecule has 3 rings (SSSR count). The van der Waals surface area contributed by atoms with Crippen LogP contribution in [0.2, 0.25) is 0 Å². The number of amides is 1. The van der Waals surface area contributed by atoms with Crippen LogP contribution in [0.5, 0.6) is 0 Å². The van der Waals surface area contributed by atoms with Crippen molar-refractivity contribution in [1.82, 2.24) is 5.43 Å². The molecule has 0 saturated heterocycles. The van der Waals surface area contributed by atoms with Gasteiger partial charge in [0.15, 0.2) is 0 Å². The van der Waals surface area contributed by atoms with Gasteiger partial charge in [-0.15, -0.1) is 0 Å². The maximum atomic E-state index is 12.8. The number of nitrogens with zero attached hydrogens (tertiary/aromatic N) is 2. The van der Waals surface area contributed by atoms with Gasteiger partial charge in [-0.25, -0.2) is 5.43 Å². The Morgan fingerprint density at radius 1 is 1.28 bits per heavy atom. The van der Waals surface area contributed by atoms with E-state index >= 15 is 0 Å². The average Bonchev–Trinajstić information content (AvgIpc) is 2.68. The number of fused-ring (bicyclic) bond motifs is 1. The zero-order valence-electron chi connectivity index (χ0n) is 19.2. The maximum Gasteiger partial charge on any atom is 0.416 e. The summed E-state index contributed by atoms with van der Waals surface area (Å²) in [5.74, 6) is -0.0745. The molecule has 1 aliphatic heterocycles. The van der Waals surface area contributed by atoms with Gasteiger partial charge in [-0.1, -0.05) is 25.1 Å². The molecular weight excluding hydrogens is 415 g/mol. The van der Waals surface area contributed by atoms with Crippen LogP contribution in [0.1, 0.15) is 67.9 Å². The van der Waals surface area contributed by atoms with Crippen LogP contribution in [0.25, 0.3) is 0 Å². The van der Waals surface area contributed by atoms with Crippen LogP contribution in [0.4, 0.5) is 18.9 Å². The molecule has 1 heterocycles. The predicted octanol–water partition coefficient (Wildman–Crippen LogP) is 5.82. The second-order valence-corrected chi connectivity index (χ2v) is 9.10. The van der Waals surface area contributed by atoms with Crippen LogP contribution < -0.4 is 10.3 Å². The molecule has 0 aliphatic carbocycles. The summed E-state index contributed by atoms with van der Waals surface area (Å²) in [5.41, 5.74) is 6.47. The van der Waals surface area contributed by atoms with Crippen molar-refractivity contribution in [3.8, 4) is 0 Å². The summed E-state index contributed by atoms with van der Waals surface area (Å²) in [5, 5.41) is 4.05. The number of carbonyl (C=O) groups is 1. The summed E-state index contributed by atoms with van der Waals surface area (Å²) < 4.78 is 38.5. The van der Waals surface area contributed by atoms with Crippen molar-refractivity contribution in [2.24, 2.45) is 5.10 Å². The van der Waals surface area contributed by atoms with Gasteiger partial charge >= 0.3 is 6.18 Å². The third-order valence-electron chi connectivity index (χ3n) is 6.10. The molecule has 0 saturated carbocycles. The topological polar surface area (TPSA) is 44.7 Å². The number of anilines is 1. The fraction of sp³-hybridized carbons (Fsp3) is 0.440. The number of benzene rings is 2. The van der Waals surface area contributed by atoms with Gasteiger partial charge in [-0.3, -0.25) is 4.79 Å². The SMILES string of the molecule is CCN1c2cc(C)c(/C=N/NC(=O)Cc3cccc(C(F)(F)F)c3)cc2[C@@H](C)CC1(C)C. The van der Waals surface area contributed by atoms with E-state index in [0.717, 1.165) is 36.2 Å². The molecule has 0 unspecified atom stereocenters. The van der Waals surface area contributed by atoms with Gasteiger partial charge < -0.3 is 4.90 Å². The fourth-order valence-electron chi connectivity index (χ4n) is 4.64. The number of hydrazone groups is 1. The third-order valence-corrected chi connectivity index (χ3v) is 6.10. The molecular formula is C25H30F3N3O. The lowest BCUT2D eigenvalue weighted by Gasteiger charge is -2.47. The minimum absolute atomic E-state index is 0.0839. The molecule has 2 aromatic carbocycles. The number of nitrogens with one attached hydrogen (secondary N) is 1. The fourth-order valence-corrected chi connectivity index (χ4v) is 4.64. The lowest BCUT2D eigenvalue weighted by atomic mass is 9.79. The second kappa shape index (κ2) is 8.96. The number of alkyl halides is 3. The summed E-state index contributed by atoms with van der Waals surface area (Å²) in [6, 6.07) is 9.05. The van der Waals surface area contributed by atoms with E-state index in [0.29, 0.717) is 5.92 Å². The molecule has 0 aromatic heterocycles. The quantitative estimate of drug-likeness (QED) is 0.466. The molecule has 0 bridgehead atoms. The smallest absolute Gasteiger partial charge is 0.366 e. The minimum atomic E-state index is -4.44. The summed E-state index contributed by atoms with van der Waals surface area (Å²) in [6.45, 7) is 11.8. The van der Waals surface area contributed by atoms with Gasteiger partial charge in [-0.05, 0) is 80.5 Å². The van der Waals surface area contributed by atoms with Crippen molar-refractivity contribution in [2.45, 2.75) is 65.1 Å². The average molecular weight is 446 g/mol. The molecule has 172 valence electrons. The highest BCUT2D eigenvalue weighted by Crippen LogP contribution is 2.44. The highest BCUT2D eigenvalue weighted by atomic mass is 19.4. The lowest BCUT2D eigenvalue weighted by Crippen LogP contribution is -2.48. The molecule has 2 aromatic rings. The zero-order chi connectivity index (χ0) is 23.7. The van der Waals surface area contributed by atoms with E-state index < -0.39 is 17.6 Å². The first-order chi connectivity index (χ1) is 14.9. The molecule has 32 heavy (non-hydrogen) atoms. The Bertz CT molecular complexity index is 1030. The molecule has 1 atom stereocenters. The van der Waals surface area contributed by atoms with Gasteiger partial charge in [0.1, 0.15) is 0 Å². The molecule has 4 nitrogen and oxygen atoms in total. The Kier molecular flexibility index (Phi) is 6.67. The molecule has 0 spiro atoms. The van der Waals surface area contributed by atoms with Crippen molar-refractivity contribution < 1.29 is 18.0 Å². The zero-order valence-corrected chi connectivity index (χ0v) is 19.2. The Balaban J connectivity index is 1.72. The number of rotatable bonds is 5. The highest BCUT2D eigenvalue weighted by molar-refractivity contribution is 5.86. The normalized spacial score (nSPS) is 18.0. The maximum absolute atomic E-state index is 12.8. The molecule has 0 fully saturated rings. The summed E-state index contributed by atoms with van der Waals surface area (Å²) >= 11 is 0. The van der Waals surface area contributed by atoms with E-state index in [-0.39, 0.29) is 17.5 Å². The first kappa shape index (κ1) is 23.8. The number of aryl methyl sites for hydroxylation is 1. The Morgan fingerprint density at radius 3 is 2.66 bits per heavy atom. The summed E-state index contributed by atoms with van der Waals surface area (Å²) in [7, 11) is 0. The third kappa shape index (κ3) is 5.14. The molecule has 1 amide bonds. The molecule has 1 N–H and O–H groups in total. The minimum Gasteiger partial charge on any atom is -0.366 e. The summed E-state index contributed by atoms with van der Waals surface area (Å²) in [4.78, 5) is 14.6. The largest absolute Gasteiger partial charge is 0.416 e. The molecule has 1 aliphatic rings. The Labute approximate surface area is 187 Å². The van der Waals surface area contributed by atoms with E-state index in [1.54, 1.807) is 6.21 Å². The van der Waals surface area contributed by atoms with Gasteiger partial charge in [0, 0.05) is 17.8 Å². The monoisotopic (exact) mass is 445 g/mol. The Hall–Kier alpha value is -2.83. The lowest BCUT2D eigenvalue weighted by molar-refractivity contribution is -0.137. The van der Waals surface area contributed by atoms with E-state index in [2.05, 4.69) is 55.3 Å². The van der Waals surface area contributed by atoms with E-state index in [1.807, 2.05) is 6.92 Å². The van der Waals surface area contributed by atoms with Crippen molar-refractivity contribution in [3.63, 3.8) is 0 Å². The van der Waals surface area contributed by atoms with Crippen LogP contribution in [-0.4, -0.2) is 24.2 Å².